The van der Waals surface area contributed by atoms with Crippen molar-refractivity contribution < 1.29 is 19.1 Å². The number of aromatic nitrogens is 2. The van der Waals surface area contributed by atoms with E-state index >= 15 is 0 Å². The Bertz CT molecular complexity index is 919. The maximum absolute atomic E-state index is 12.6. The molecule has 2 heterocycles. The topological polar surface area (TPSA) is 84.7 Å². The van der Waals surface area contributed by atoms with Crippen LogP contribution in [0.4, 0.5) is 0 Å². The van der Waals surface area contributed by atoms with Crippen LogP contribution in [0.25, 0.3) is 11.0 Å². The van der Waals surface area contributed by atoms with Gasteiger partial charge < -0.3 is 19.1 Å². The van der Waals surface area contributed by atoms with Gasteiger partial charge in [-0.25, -0.2) is 9.78 Å². The minimum atomic E-state index is -0.366. The molecule has 0 saturated carbocycles. The lowest BCUT2D eigenvalue weighted by Gasteiger charge is -2.34. The van der Waals surface area contributed by atoms with Crippen LogP contribution in [0.5, 0.6) is 0 Å². The van der Waals surface area contributed by atoms with Crippen molar-refractivity contribution in [2.75, 3.05) is 38.5 Å². The van der Waals surface area contributed by atoms with Crippen LogP contribution in [-0.4, -0.2) is 75.7 Å². The molecule has 1 aliphatic heterocycles. The predicted octanol–water partition coefficient (Wildman–Crippen LogP) is 2.02. The Balaban J connectivity index is 1.68. The number of nitrogens with zero attached hydrogens (tertiary/aromatic N) is 4. The minimum absolute atomic E-state index is 0.0418. The van der Waals surface area contributed by atoms with Gasteiger partial charge in [0, 0.05) is 39.6 Å². The molecule has 0 bridgehead atoms. The zero-order valence-electron chi connectivity index (χ0n) is 17.0. The third-order valence-corrected chi connectivity index (χ3v) is 5.90. The second kappa shape index (κ2) is 9.30. The molecule has 29 heavy (non-hydrogen) atoms. The van der Waals surface area contributed by atoms with Crippen molar-refractivity contribution in [3.8, 4) is 0 Å². The van der Waals surface area contributed by atoms with Crippen LogP contribution in [0.3, 0.4) is 0 Å². The summed E-state index contributed by atoms with van der Waals surface area (Å²) >= 11 is 1.39. The lowest BCUT2D eigenvalue weighted by atomic mass is 10.2. The monoisotopic (exact) mass is 418 g/mol. The lowest BCUT2D eigenvalue weighted by Crippen LogP contribution is -2.50. The SMILES string of the molecule is CCOC(=O)c1ccc2c(c1)nc(SCC(=O)N1CCN(C(C)=O)CC1)n2CC. The fraction of sp³-hybridized carbons (Fsp3) is 0.500. The zero-order valence-corrected chi connectivity index (χ0v) is 17.8. The highest BCUT2D eigenvalue weighted by molar-refractivity contribution is 7.99. The Labute approximate surface area is 174 Å². The maximum Gasteiger partial charge on any atom is 0.338 e. The van der Waals surface area contributed by atoms with Crippen molar-refractivity contribution in [2.45, 2.75) is 32.5 Å². The number of esters is 1. The minimum Gasteiger partial charge on any atom is -0.462 e. The fourth-order valence-corrected chi connectivity index (χ4v) is 4.33. The molecule has 8 nitrogen and oxygen atoms in total. The summed E-state index contributed by atoms with van der Waals surface area (Å²) in [4.78, 5) is 44.2. The Morgan fingerprint density at radius 3 is 2.41 bits per heavy atom. The molecule has 2 aromatic rings. The summed E-state index contributed by atoms with van der Waals surface area (Å²) in [6, 6.07) is 5.33. The summed E-state index contributed by atoms with van der Waals surface area (Å²) in [6.45, 7) is 8.66. The van der Waals surface area contributed by atoms with Crippen LogP contribution in [0.15, 0.2) is 23.4 Å². The highest BCUT2D eigenvalue weighted by Gasteiger charge is 2.23. The van der Waals surface area contributed by atoms with Gasteiger partial charge in [0.2, 0.25) is 11.8 Å². The molecule has 1 aromatic heterocycles. The summed E-state index contributed by atoms with van der Waals surface area (Å²) in [5.74, 6) is 0.00804. The number of ether oxygens (including phenoxy) is 1. The van der Waals surface area contributed by atoms with Gasteiger partial charge in [-0.05, 0) is 32.0 Å². The summed E-state index contributed by atoms with van der Waals surface area (Å²) < 4.78 is 7.09. The average Bonchev–Trinajstić information content (AvgIpc) is 3.08. The number of carbonyl (C=O) groups excluding carboxylic acids is 3. The van der Waals surface area contributed by atoms with E-state index in [0.29, 0.717) is 50.4 Å². The highest BCUT2D eigenvalue weighted by Crippen LogP contribution is 2.25. The van der Waals surface area contributed by atoms with E-state index in [1.807, 2.05) is 17.6 Å². The third-order valence-electron chi connectivity index (χ3n) is 4.94. The number of hydrogen-bond donors (Lipinski definition) is 0. The Morgan fingerprint density at radius 1 is 1.10 bits per heavy atom. The Kier molecular flexibility index (Phi) is 6.79. The van der Waals surface area contributed by atoms with Crippen molar-refractivity contribution in [1.82, 2.24) is 19.4 Å². The second-order valence-electron chi connectivity index (χ2n) is 6.74. The molecule has 9 heteroatoms. The second-order valence-corrected chi connectivity index (χ2v) is 7.68. The molecule has 0 N–H and O–H groups in total. The third kappa shape index (κ3) is 4.72. The number of thioether (sulfide) groups is 1. The number of aryl methyl sites for hydroxylation is 1. The zero-order chi connectivity index (χ0) is 21.0. The quantitative estimate of drug-likeness (QED) is 0.527. The number of amides is 2. The number of piperazine rings is 1. The fourth-order valence-electron chi connectivity index (χ4n) is 3.35. The Hall–Kier alpha value is -2.55. The van der Waals surface area contributed by atoms with E-state index in [1.54, 1.807) is 35.8 Å². The van der Waals surface area contributed by atoms with Crippen LogP contribution >= 0.6 is 11.8 Å². The number of rotatable bonds is 6. The van der Waals surface area contributed by atoms with E-state index in [2.05, 4.69) is 4.98 Å². The van der Waals surface area contributed by atoms with Crippen molar-refractivity contribution in [3.05, 3.63) is 23.8 Å². The lowest BCUT2D eigenvalue weighted by molar-refractivity contribution is -0.136. The van der Waals surface area contributed by atoms with Gasteiger partial charge in [0.1, 0.15) is 0 Å². The summed E-state index contributed by atoms with van der Waals surface area (Å²) in [5, 5.41) is 0.749. The number of imidazole rings is 1. The molecule has 1 fully saturated rings. The van der Waals surface area contributed by atoms with Crippen LogP contribution in [-0.2, 0) is 20.9 Å². The van der Waals surface area contributed by atoms with Crippen molar-refractivity contribution in [2.24, 2.45) is 0 Å². The molecule has 156 valence electrons. The van der Waals surface area contributed by atoms with Gasteiger partial charge in [-0.2, -0.15) is 0 Å². The molecule has 1 aliphatic rings. The summed E-state index contributed by atoms with van der Waals surface area (Å²) in [5.41, 5.74) is 2.10. The molecule has 0 unspecified atom stereocenters. The normalized spacial score (nSPS) is 14.3. The largest absolute Gasteiger partial charge is 0.462 e. The van der Waals surface area contributed by atoms with E-state index in [1.165, 1.54) is 11.8 Å². The molecule has 3 rings (SSSR count). The summed E-state index contributed by atoms with van der Waals surface area (Å²) in [6.07, 6.45) is 0. The van der Waals surface area contributed by atoms with Gasteiger partial charge in [0.05, 0.1) is 29.0 Å². The molecule has 2 amide bonds. The van der Waals surface area contributed by atoms with Crippen LogP contribution < -0.4 is 0 Å². The first kappa shape index (κ1) is 21.2. The van der Waals surface area contributed by atoms with Crippen LogP contribution in [0.1, 0.15) is 31.1 Å². The molecular weight excluding hydrogens is 392 g/mol. The standard InChI is InChI=1S/C20H26N4O4S/c1-4-24-17-7-6-15(19(27)28-5-2)12-16(17)21-20(24)29-13-18(26)23-10-8-22(9-11-23)14(3)25/h6-7,12H,4-5,8-11,13H2,1-3H3. The number of fused-ring (bicyclic) bond motifs is 1. The van der Waals surface area contributed by atoms with E-state index < -0.39 is 0 Å². The molecular formula is C20H26N4O4S. The predicted molar refractivity (Wildman–Crippen MR) is 111 cm³/mol. The smallest absolute Gasteiger partial charge is 0.338 e. The van der Waals surface area contributed by atoms with Crippen molar-refractivity contribution in [1.29, 1.82) is 0 Å². The van der Waals surface area contributed by atoms with Crippen molar-refractivity contribution in [3.63, 3.8) is 0 Å². The first-order valence-electron chi connectivity index (χ1n) is 9.78. The average molecular weight is 419 g/mol. The molecule has 0 atom stereocenters. The van der Waals surface area contributed by atoms with Crippen molar-refractivity contribution >= 4 is 40.6 Å². The van der Waals surface area contributed by atoms with E-state index in [-0.39, 0.29) is 23.5 Å². The molecule has 1 aromatic carbocycles. The van der Waals surface area contributed by atoms with Gasteiger partial charge in [-0.15, -0.1) is 0 Å². The van der Waals surface area contributed by atoms with Crippen LogP contribution in [0, 0.1) is 0 Å². The summed E-state index contributed by atoms with van der Waals surface area (Å²) in [7, 11) is 0. The van der Waals surface area contributed by atoms with Crippen LogP contribution in [0.2, 0.25) is 0 Å². The number of hydrogen-bond acceptors (Lipinski definition) is 6. The first-order valence-corrected chi connectivity index (χ1v) is 10.8. The van der Waals surface area contributed by atoms with Gasteiger partial charge >= 0.3 is 5.97 Å². The van der Waals surface area contributed by atoms with E-state index in [9.17, 15) is 14.4 Å². The van der Waals surface area contributed by atoms with Gasteiger partial charge in [-0.1, -0.05) is 11.8 Å². The van der Waals surface area contributed by atoms with E-state index in [0.717, 1.165) is 10.7 Å². The van der Waals surface area contributed by atoms with Gasteiger partial charge in [0.15, 0.2) is 5.16 Å². The molecule has 1 saturated heterocycles. The number of benzene rings is 1. The maximum atomic E-state index is 12.6. The number of carbonyl (C=O) groups is 3. The molecule has 0 radical (unpaired) electrons. The molecule has 0 spiro atoms. The van der Waals surface area contributed by atoms with E-state index in [4.69, 9.17) is 4.74 Å². The Morgan fingerprint density at radius 2 is 1.79 bits per heavy atom. The first-order chi connectivity index (χ1) is 13.9. The molecule has 0 aliphatic carbocycles. The van der Waals surface area contributed by atoms with Gasteiger partial charge in [0.25, 0.3) is 0 Å². The van der Waals surface area contributed by atoms with Gasteiger partial charge in [-0.3, -0.25) is 9.59 Å². The highest BCUT2D eigenvalue weighted by atomic mass is 32.2.